The second-order valence-corrected chi connectivity index (χ2v) is 8.53. The van der Waals surface area contributed by atoms with E-state index in [1.54, 1.807) is 22.7 Å². The second kappa shape index (κ2) is 5.64. The lowest BCUT2D eigenvalue weighted by Gasteiger charge is -2.36. The van der Waals surface area contributed by atoms with Crippen molar-refractivity contribution in [3.8, 4) is 10.7 Å². The summed E-state index contributed by atoms with van der Waals surface area (Å²) in [6.45, 7) is 2.97. The molecule has 1 fully saturated rings. The van der Waals surface area contributed by atoms with Gasteiger partial charge in [0.15, 0.2) is 0 Å². The van der Waals surface area contributed by atoms with Gasteiger partial charge in [-0.3, -0.25) is 4.90 Å². The minimum atomic E-state index is 0.370. The Kier molecular flexibility index (Phi) is 3.66. The van der Waals surface area contributed by atoms with Gasteiger partial charge >= 0.3 is 0 Å². The molecule has 3 aromatic heterocycles. The van der Waals surface area contributed by atoms with Gasteiger partial charge in [0.2, 0.25) is 11.7 Å². The fourth-order valence-electron chi connectivity index (χ4n) is 2.42. The Morgan fingerprint density at radius 1 is 1.33 bits per heavy atom. The maximum Gasteiger partial charge on any atom is 0.232 e. The first-order chi connectivity index (χ1) is 10.3. The van der Waals surface area contributed by atoms with Crippen molar-refractivity contribution < 1.29 is 4.52 Å². The van der Waals surface area contributed by atoms with Crippen molar-refractivity contribution in [2.45, 2.75) is 12.5 Å². The molecule has 108 valence electrons. The largest absolute Gasteiger partial charge is 0.339 e. The number of halogens is 1. The molecule has 0 radical (unpaired) electrons. The molecule has 0 aliphatic carbocycles. The molecule has 0 unspecified atom stereocenters. The normalized spacial score (nSPS) is 16.2. The van der Waals surface area contributed by atoms with Gasteiger partial charge in [0.1, 0.15) is 0 Å². The summed E-state index contributed by atoms with van der Waals surface area (Å²) in [6, 6.07) is 8.29. The Morgan fingerprint density at radius 3 is 2.95 bits per heavy atom. The van der Waals surface area contributed by atoms with Crippen molar-refractivity contribution in [1.82, 2.24) is 15.0 Å². The number of hydrogen-bond donors (Lipinski definition) is 0. The SMILES string of the molecule is Brc1ccc(CN2CC(c3nc(-c4cccs4)no3)C2)s1. The molecule has 0 atom stereocenters. The van der Waals surface area contributed by atoms with Crippen LogP contribution in [0.3, 0.4) is 0 Å². The molecule has 4 nitrogen and oxygen atoms in total. The van der Waals surface area contributed by atoms with E-state index in [9.17, 15) is 0 Å². The number of aromatic nitrogens is 2. The Balaban J connectivity index is 1.37. The van der Waals surface area contributed by atoms with Crippen molar-refractivity contribution in [1.29, 1.82) is 0 Å². The Bertz CT molecular complexity index is 731. The van der Waals surface area contributed by atoms with Crippen LogP contribution < -0.4 is 0 Å². The van der Waals surface area contributed by atoms with Crippen LogP contribution in [0.25, 0.3) is 10.7 Å². The first-order valence-corrected chi connectivity index (χ1v) is 9.11. The molecule has 21 heavy (non-hydrogen) atoms. The maximum atomic E-state index is 5.41. The van der Waals surface area contributed by atoms with Crippen molar-refractivity contribution in [3.63, 3.8) is 0 Å². The zero-order valence-electron chi connectivity index (χ0n) is 11.0. The third-order valence-electron chi connectivity index (χ3n) is 3.50. The monoisotopic (exact) mass is 381 g/mol. The summed E-state index contributed by atoms with van der Waals surface area (Å²) in [5.74, 6) is 1.84. The highest BCUT2D eigenvalue weighted by molar-refractivity contribution is 9.11. The van der Waals surface area contributed by atoms with Crippen LogP contribution in [0, 0.1) is 0 Å². The molecule has 0 amide bonds. The molecule has 4 heterocycles. The Labute approximate surface area is 138 Å². The quantitative estimate of drug-likeness (QED) is 0.678. The molecule has 1 saturated heterocycles. The summed E-state index contributed by atoms with van der Waals surface area (Å²) >= 11 is 6.92. The van der Waals surface area contributed by atoms with Crippen LogP contribution in [-0.4, -0.2) is 28.1 Å². The van der Waals surface area contributed by atoms with Gasteiger partial charge in [0.25, 0.3) is 0 Å². The summed E-state index contributed by atoms with van der Waals surface area (Å²) in [4.78, 5) is 9.36. The number of nitrogens with zero attached hydrogens (tertiary/aromatic N) is 3. The summed E-state index contributed by atoms with van der Waals surface area (Å²) in [6.07, 6.45) is 0. The van der Waals surface area contributed by atoms with Gasteiger partial charge in [-0.2, -0.15) is 4.98 Å². The Morgan fingerprint density at radius 2 is 2.24 bits per heavy atom. The highest BCUT2D eigenvalue weighted by atomic mass is 79.9. The molecule has 4 rings (SSSR count). The van der Waals surface area contributed by atoms with Crippen molar-refractivity contribution in [2.75, 3.05) is 13.1 Å². The number of hydrogen-bond acceptors (Lipinski definition) is 6. The predicted molar refractivity (Wildman–Crippen MR) is 87.6 cm³/mol. The van der Waals surface area contributed by atoms with Crippen molar-refractivity contribution in [2.24, 2.45) is 0 Å². The Hall–Kier alpha value is -1.02. The minimum absolute atomic E-state index is 0.370. The highest BCUT2D eigenvalue weighted by Crippen LogP contribution is 2.31. The topological polar surface area (TPSA) is 42.2 Å². The summed E-state index contributed by atoms with van der Waals surface area (Å²) in [5, 5.41) is 6.10. The van der Waals surface area contributed by atoms with Gasteiger partial charge in [-0.05, 0) is 39.5 Å². The van der Waals surface area contributed by atoms with E-state index in [4.69, 9.17) is 4.52 Å². The summed E-state index contributed by atoms with van der Waals surface area (Å²) in [7, 11) is 0. The molecule has 3 aromatic rings. The van der Waals surface area contributed by atoms with Crippen LogP contribution in [0.15, 0.2) is 38.0 Å². The fraction of sp³-hybridized carbons (Fsp3) is 0.286. The van der Waals surface area contributed by atoms with E-state index in [-0.39, 0.29) is 0 Å². The van der Waals surface area contributed by atoms with Crippen LogP contribution in [0.2, 0.25) is 0 Å². The van der Waals surface area contributed by atoms with Crippen LogP contribution in [0.5, 0.6) is 0 Å². The summed E-state index contributed by atoms with van der Waals surface area (Å²) in [5.41, 5.74) is 0. The van der Waals surface area contributed by atoms with E-state index in [0.717, 1.165) is 30.4 Å². The number of thiophene rings is 2. The van der Waals surface area contributed by atoms with E-state index in [2.05, 4.69) is 43.1 Å². The molecule has 1 aliphatic heterocycles. The van der Waals surface area contributed by atoms with E-state index < -0.39 is 0 Å². The van der Waals surface area contributed by atoms with E-state index in [1.165, 1.54) is 8.66 Å². The molecular formula is C14H12BrN3OS2. The molecule has 0 aromatic carbocycles. The average Bonchev–Trinajstić information content (AvgIpc) is 3.14. The first-order valence-electron chi connectivity index (χ1n) is 6.62. The third-order valence-corrected chi connectivity index (χ3v) is 5.97. The zero-order valence-corrected chi connectivity index (χ0v) is 14.2. The van der Waals surface area contributed by atoms with Crippen LogP contribution >= 0.6 is 38.6 Å². The van der Waals surface area contributed by atoms with Crippen molar-refractivity contribution in [3.05, 3.63) is 44.2 Å². The molecule has 7 heteroatoms. The van der Waals surface area contributed by atoms with Gasteiger partial charge in [-0.1, -0.05) is 11.2 Å². The number of likely N-dealkylation sites (tertiary alicyclic amines) is 1. The molecule has 0 bridgehead atoms. The van der Waals surface area contributed by atoms with E-state index >= 15 is 0 Å². The van der Waals surface area contributed by atoms with Gasteiger partial charge in [-0.15, -0.1) is 22.7 Å². The summed E-state index contributed by atoms with van der Waals surface area (Å²) < 4.78 is 6.60. The van der Waals surface area contributed by atoms with Crippen LogP contribution in [0.1, 0.15) is 16.7 Å². The second-order valence-electron chi connectivity index (χ2n) is 5.03. The molecule has 0 saturated carbocycles. The van der Waals surface area contributed by atoms with Crippen LogP contribution in [-0.2, 0) is 6.54 Å². The average molecular weight is 382 g/mol. The fourth-order valence-corrected chi connectivity index (χ4v) is 4.59. The first kappa shape index (κ1) is 13.6. The lowest BCUT2D eigenvalue weighted by molar-refractivity contribution is 0.118. The number of rotatable bonds is 4. The van der Waals surface area contributed by atoms with E-state index in [0.29, 0.717) is 11.7 Å². The van der Waals surface area contributed by atoms with Gasteiger partial charge in [-0.25, -0.2) is 0 Å². The molecular weight excluding hydrogens is 370 g/mol. The lowest BCUT2D eigenvalue weighted by atomic mass is 10.0. The molecule has 1 aliphatic rings. The molecule has 0 spiro atoms. The third kappa shape index (κ3) is 2.83. The molecule has 0 N–H and O–H groups in total. The smallest absolute Gasteiger partial charge is 0.232 e. The highest BCUT2D eigenvalue weighted by Gasteiger charge is 2.32. The van der Waals surface area contributed by atoms with Gasteiger partial charge < -0.3 is 4.52 Å². The predicted octanol–water partition coefficient (Wildman–Crippen LogP) is 4.22. The van der Waals surface area contributed by atoms with Gasteiger partial charge in [0.05, 0.1) is 14.6 Å². The maximum absolute atomic E-state index is 5.41. The lowest BCUT2D eigenvalue weighted by Crippen LogP contribution is -2.44. The van der Waals surface area contributed by atoms with Crippen LogP contribution in [0.4, 0.5) is 0 Å². The zero-order chi connectivity index (χ0) is 14.2. The van der Waals surface area contributed by atoms with E-state index in [1.807, 2.05) is 17.5 Å². The van der Waals surface area contributed by atoms with Crippen molar-refractivity contribution >= 4 is 38.6 Å². The standard InChI is InChI=1S/C14H12BrN3OS2/c15-12-4-3-10(21-12)8-18-6-9(7-18)14-16-13(17-19-14)11-2-1-5-20-11/h1-5,9H,6-8H2. The van der Waals surface area contributed by atoms with Gasteiger partial charge in [0, 0.05) is 24.5 Å². The minimum Gasteiger partial charge on any atom is -0.339 e.